The van der Waals surface area contributed by atoms with Gasteiger partial charge in [0.15, 0.2) is 5.78 Å². The van der Waals surface area contributed by atoms with Crippen LogP contribution >= 0.6 is 0 Å². The Morgan fingerprint density at radius 2 is 1.31 bits per heavy atom. The summed E-state index contributed by atoms with van der Waals surface area (Å²) in [4.78, 5) is 96.4. The number of rotatable bonds is 21. The zero-order valence-electron chi connectivity index (χ0n) is 40.0. The van der Waals surface area contributed by atoms with E-state index in [1.807, 2.05) is 44.2 Å². The van der Waals surface area contributed by atoms with E-state index < -0.39 is 70.6 Å². The summed E-state index contributed by atoms with van der Waals surface area (Å²) in [6.07, 6.45) is 0.340. The number of carbonyl (C=O) groups is 7. The quantitative estimate of drug-likeness (QED) is 0.0602. The van der Waals surface area contributed by atoms with Crippen LogP contribution in [-0.2, 0) is 51.0 Å². The van der Waals surface area contributed by atoms with Crippen LogP contribution in [-0.4, -0.2) is 102 Å². The average Bonchev–Trinajstić information content (AvgIpc) is 3.21. The molecule has 0 unspecified atom stereocenters. The number of amides is 5. The summed E-state index contributed by atoms with van der Waals surface area (Å²) >= 11 is 0. The highest BCUT2D eigenvalue weighted by Crippen LogP contribution is 2.27. The van der Waals surface area contributed by atoms with Gasteiger partial charge < -0.3 is 40.4 Å². The lowest BCUT2D eigenvalue weighted by Crippen LogP contribution is -2.62. The zero-order chi connectivity index (χ0) is 48.5. The van der Waals surface area contributed by atoms with Crippen LogP contribution in [0.4, 0.5) is 14.0 Å². The molecular formula is C49H72FN5O10. The van der Waals surface area contributed by atoms with Gasteiger partial charge in [0.1, 0.15) is 28.6 Å². The van der Waals surface area contributed by atoms with Gasteiger partial charge in [0.05, 0.1) is 13.2 Å². The van der Waals surface area contributed by atoms with Crippen LogP contribution in [0, 0.1) is 23.6 Å². The van der Waals surface area contributed by atoms with Crippen LogP contribution in [0.3, 0.4) is 0 Å². The highest BCUT2D eigenvalue weighted by molar-refractivity contribution is 5.95. The Labute approximate surface area is 384 Å². The van der Waals surface area contributed by atoms with Crippen molar-refractivity contribution in [2.75, 3.05) is 26.7 Å². The number of hydrogen-bond acceptors (Lipinski definition) is 10. The Kier molecular flexibility index (Phi) is 20.4. The summed E-state index contributed by atoms with van der Waals surface area (Å²) in [6.45, 7) is 16.3. The number of benzene rings is 2. The number of ketones is 1. The van der Waals surface area contributed by atoms with Crippen LogP contribution in [0.15, 0.2) is 54.6 Å². The molecule has 1 heterocycles. The van der Waals surface area contributed by atoms with E-state index in [-0.39, 0.29) is 75.2 Å². The first kappa shape index (κ1) is 53.8. The minimum Gasteiger partial charge on any atom is -0.467 e. The number of carbonyl (C=O) groups excluding carboxylic acids is 7. The number of nitrogens with zero attached hydrogens (tertiary/aromatic N) is 1. The predicted octanol–water partition coefficient (Wildman–Crippen LogP) is 6.59. The molecule has 15 nitrogen and oxygen atoms in total. The fourth-order valence-corrected chi connectivity index (χ4v) is 7.64. The second kappa shape index (κ2) is 24.7. The third-order valence-corrected chi connectivity index (χ3v) is 10.9. The number of hydrogen-bond donors (Lipinski definition) is 4. The molecule has 4 atom stereocenters. The molecule has 16 heteroatoms. The first-order chi connectivity index (χ1) is 30.4. The Bertz CT molecular complexity index is 1900. The number of alkyl carbamates (subject to hydrolysis) is 2. The van der Waals surface area contributed by atoms with Crippen LogP contribution < -0.4 is 21.3 Å². The molecule has 0 spiro atoms. The predicted molar refractivity (Wildman–Crippen MR) is 244 cm³/mol. The molecule has 2 aromatic rings. The normalized spacial score (nSPS) is 15.7. The van der Waals surface area contributed by atoms with Crippen LogP contribution in [0.1, 0.15) is 118 Å². The molecule has 1 aliphatic heterocycles. The molecule has 3 rings (SSSR count). The molecular weight excluding hydrogens is 838 g/mol. The Morgan fingerprint density at radius 3 is 1.88 bits per heavy atom. The summed E-state index contributed by atoms with van der Waals surface area (Å²) < 4.78 is 29.4. The van der Waals surface area contributed by atoms with E-state index in [9.17, 15) is 38.0 Å². The molecule has 5 amide bonds. The number of nitrogens with one attached hydrogen (secondary N) is 4. The lowest BCUT2D eigenvalue weighted by atomic mass is 9.86. The number of piperidine rings is 1. The fraction of sp³-hybridized carbons (Fsp3) is 0.612. The van der Waals surface area contributed by atoms with Gasteiger partial charge in [-0.1, -0.05) is 63.2 Å². The number of halogens is 1. The molecule has 65 heavy (non-hydrogen) atoms. The Morgan fingerprint density at radius 1 is 0.738 bits per heavy atom. The van der Waals surface area contributed by atoms with E-state index in [1.165, 1.54) is 24.1 Å². The number of likely N-dealkylation sites (tertiary alicyclic amines) is 1. The van der Waals surface area contributed by atoms with E-state index in [4.69, 9.17) is 14.2 Å². The largest absolute Gasteiger partial charge is 0.467 e. The first-order valence-corrected chi connectivity index (χ1v) is 22.7. The molecule has 4 N–H and O–H groups in total. The smallest absolute Gasteiger partial charge is 0.408 e. The highest BCUT2D eigenvalue weighted by atomic mass is 19.1. The molecule has 1 saturated heterocycles. The monoisotopic (exact) mass is 910 g/mol. The lowest BCUT2D eigenvalue weighted by molar-refractivity contribution is -0.153. The second-order valence-electron chi connectivity index (χ2n) is 19.5. The van der Waals surface area contributed by atoms with Crippen molar-refractivity contribution >= 4 is 41.7 Å². The second-order valence-corrected chi connectivity index (χ2v) is 19.5. The molecule has 2 aromatic carbocycles. The fourth-order valence-electron chi connectivity index (χ4n) is 7.64. The van der Waals surface area contributed by atoms with Gasteiger partial charge in [-0.05, 0) is 122 Å². The van der Waals surface area contributed by atoms with Gasteiger partial charge in [-0.25, -0.2) is 18.8 Å². The summed E-state index contributed by atoms with van der Waals surface area (Å²) in [7, 11) is 1.22. The molecule has 0 radical (unpaired) electrons. The minimum absolute atomic E-state index is 0.0180. The molecule has 0 saturated carbocycles. The molecule has 1 fully saturated rings. The van der Waals surface area contributed by atoms with Gasteiger partial charge in [-0.15, -0.1) is 0 Å². The molecule has 0 bridgehead atoms. The number of Topliss-reactive ketones (excluding diaryl/α,β-unsaturated/α-hetero) is 1. The van der Waals surface area contributed by atoms with Gasteiger partial charge in [-0.3, -0.25) is 19.2 Å². The molecule has 0 aromatic heterocycles. The number of unbranched alkanes of at least 4 members (excludes halogenated alkanes) is 1. The van der Waals surface area contributed by atoms with Gasteiger partial charge in [-0.2, -0.15) is 0 Å². The summed E-state index contributed by atoms with van der Waals surface area (Å²) in [5.41, 5.74) is -1.38. The van der Waals surface area contributed by atoms with Gasteiger partial charge >= 0.3 is 18.2 Å². The standard InChI is InChI=1S/C49H72FN5O10/c1-32(2)28-36(31-40(56)39(30-34-16-12-11-13-17-34)53-41(57)33(3)29-35-19-21-37(50)22-20-35)42(58)52-38(18-14-15-25-51-45(61)64-47(4,5)6)43(59)55-26-23-49(24-27-55,44(60)63-10)54-46(62)65-48(7,8)9/h11-13,16-17,19-22,32-33,36,38-39H,14-15,18,23-31H2,1-10H3,(H,51,61)(H,52,58)(H,53,57)(H,54,62)/t33-,36+,38-,39-/m1/s1. The maximum absolute atomic E-state index is 14.4. The molecule has 360 valence electrons. The van der Waals surface area contributed by atoms with Crippen LogP contribution in [0.5, 0.6) is 0 Å². The number of esters is 1. The van der Waals surface area contributed by atoms with Gasteiger partial charge in [0.25, 0.3) is 0 Å². The summed E-state index contributed by atoms with van der Waals surface area (Å²) in [6, 6.07) is 13.1. The van der Waals surface area contributed by atoms with E-state index >= 15 is 0 Å². The Hall–Kier alpha value is -5.54. The third kappa shape index (κ3) is 18.8. The first-order valence-electron chi connectivity index (χ1n) is 22.7. The summed E-state index contributed by atoms with van der Waals surface area (Å²) in [5.74, 6) is -4.10. The van der Waals surface area contributed by atoms with Crippen molar-refractivity contribution in [1.29, 1.82) is 0 Å². The third-order valence-electron chi connectivity index (χ3n) is 10.9. The van der Waals surface area contributed by atoms with E-state index in [0.717, 1.165) is 11.1 Å². The van der Waals surface area contributed by atoms with Crippen molar-refractivity contribution < 1.29 is 52.2 Å². The molecule has 0 aliphatic carbocycles. The average molecular weight is 910 g/mol. The van der Waals surface area contributed by atoms with Crippen molar-refractivity contribution in [3.63, 3.8) is 0 Å². The number of methoxy groups -OCH3 is 1. The van der Waals surface area contributed by atoms with E-state index in [2.05, 4.69) is 21.3 Å². The van der Waals surface area contributed by atoms with Crippen molar-refractivity contribution in [2.24, 2.45) is 17.8 Å². The van der Waals surface area contributed by atoms with Crippen LogP contribution in [0.2, 0.25) is 0 Å². The topological polar surface area (TPSA) is 199 Å². The highest BCUT2D eigenvalue weighted by Gasteiger charge is 2.46. The van der Waals surface area contributed by atoms with Gasteiger partial charge in [0.2, 0.25) is 17.7 Å². The maximum Gasteiger partial charge on any atom is 0.408 e. The van der Waals surface area contributed by atoms with E-state index in [0.29, 0.717) is 25.7 Å². The van der Waals surface area contributed by atoms with Crippen molar-refractivity contribution in [3.05, 3.63) is 71.5 Å². The zero-order valence-corrected chi connectivity index (χ0v) is 40.0. The van der Waals surface area contributed by atoms with Gasteiger partial charge in [0, 0.05) is 37.9 Å². The van der Waals surface area contributed by atoms with E-state index in [1.54, 1.807) is 60.6 Å². The Balaban J connectivity index is 1.84. The van der Waals surface area contributed by atoms with Crippen molar-refractivity contribution in [1.82, 2.24) is 26.2 Å². The summed E-state index contributed by atoms with van der Waals surface area (Å²) in [5, 5.41) is 11.3. The van der Waals surface area contributed by atoms with Crippen molar-refractivity contribution in [3.8, 4) is 0 Å². The molecule has 1 aliphatic rings. The minimum atomic E-state index is -1.45. The lowest BCUT2D eigenvalue weighted by Gasteiger charge is -2.41. The SMILES string of the molecule is COC(=O)C1(NC(=O)OC(C)(C)C)CCN(C(=O)[C@@H](CCCCNC(=O)OC(C)(C)C)NC(=O)[C@H](CC(=O)[C@@H](Cc2ccccc2)NC(=O)[C@H](C)Cc2ccc(F)cc2)CC(C)C)CC1. The maximum atomic E-state index is 14.4. The van der Waals surface area contributed by atoms with Crippen LogP contribution in [0.25, 0.3) is 0 Å². The van der Waals surface area contributed by atoms with Crippen molar-refractivity contribution in [2.45, 2.75) is 149 Å². The number of ether oxygens (including phenoxy) is 3.